The minimum Gasteiger partial charge on any atom is -0.364 e. The van der Waals surface area contributed by atoms with E-state index in [1.807, 2.05) is 7.05 Å². The minimum atomic E-state index is 0. The Morgan fingerprint density at radius 1 is 1.14 bits per heavy atom. The summed E-state index contributed by atoms with van der Waals surface area (Å²) in [5.41, 5.74) is 2.57. The van der Waals surface area contributed by atoms with Gasteiger partial charge in [-0.2, -0.15) is 0 Å². The number of aliphatic imine (C=N–C) groups is 1. The molecule has 3 rings (SSSR count). The molecule has 0 amide bonds. The molecule has 1 fully saturated rings. The van der Waals surface area contributed by atoms with Gasteiger partial charge in [0.05, 0.1) is 0 Å². The van der Waals surface area contributed by atoms with Crippen LogP contribution in [-0.4, -0.2) is 32.6 Å². The maximum Gasteiger partial charge on any atom is 0.191 e. The van der Waals surface area contributed by atoms with Gasteiger partial charge in [-0.05, 0) is 36.5 Å². The molecule has 0 bridgehead atoms. The molecule has 1 aromatic carbocycles. The predicted octanol–water partition coefficient (Wildman–Crippen LogP) is 2.76. The Balaban J connectivity index is 0.00000176. The molecule has 0 saturated heterocycles. The quantitative estimate of drug-likeness (QED) is 0.338. The highest BCUT2D eigenvalue weighted by Gasteiger charge is 2.20. The van der Waals surface area contributed by atoms with Crippen LogP contribution in [0, 0.1) is 5.92 Å². The van der Waals surface area contributed by atoms with Crippen LogP contribution in [0.15, 0.2) is 41.4 Å². The largest absolute Gasteiger partial charge is 0.364 e. The molecule has 1 aliphatic heterocycles. The number of guanidine groups is 1. The molecule has 4 nitrogen and oxygen atoms in total. The van der Waals surface area contributed by atoms with Crippen LogP contribution in [0.25, 0.3) is 0 Å². The second-order valence-corrected chi connectivity index (χ2v) is 5.79. The molecular weight excluding hydrogens is 387 g/mol. The molecule has 0 aromatic heterocycles. The zero-order valence-electron chi connectivity index (χ0n) is 13.1. The molecule has 1 aliphatic carbocycles. The summed E-state index contributed by atoms with van der Waals surface area (Å²) >= 11 is 0. The molecule has 1 aromatic rings. The van der Waals surface area contributed by atoms with E-state index in [0.29, 0.717) is 0 Å². The summed E-state index contributed by atoms with van der Waals surface area (Å²) in [7, 11) is 1.83. The monoisotopic (exact) mass is 412 g/mol. The number of nitrogens with one attached hydrogen (secondary N) is 2. The molecule has 0 atom stereocenters. The lowest BCUT2D eigenvalue weighted by molar-refractivity contribution is 0.737. The first kappa shape index (κ1) is 17.1. The van der Waals surface area contributed by atoms with Crippen LogP contribution in [0.3, 0.4) is 0 Å². The van der Waals surface area contributed by atoms with Crippen molar-refractivity contribution in [2.24, 2.45) is 10.9 Å². The first-order chi connectivity index (χ1) is 10.3. The van der Waals surface area contributed by atoms with Crippen LogP contribution in [0.2, 0.25) is 0 Å². The first-order valence-corrected chi connectivity index (χ1v) is 7.78. The number of rotatable bonds is 5. The van der Waals surface area contributed by atoms with E-state index in [-0.39, 0.29) is 24.0 Å². The molecule has 0 unspecified atom stereocenters. The van der Waals surface area contributed by atoms with E-state index >= 15 is 0 Å². The average Bonchev–Trinajstić information content (AvgIpc) is 3.19. The van der Waals surface area contributed by atoms with Crippen molar-refractivity contribution in [1.82, 2.24) is 10.6 Å². The molecule has 2 aliphatic rings. The van der Waals surface area contributed by atoms with Gasteiger partial charge in [-0.25, -0.2) is 0 Å². The Bertz CT molecular complexity index is 512. The highest BCUT2D eigenvalue weighted by molar-refractivity contribution is 14.0. The maximum atomic E-state index is 4.26. The lowest BCUT2D eigenvalue weighted by Gasteiger charge is -2.18. The molecule has 22 heavy (non-hydrogen) atoms. The summed E-state index contributed by atoms with van der Waals surface area (Å²) in [6.45, 7) is 3.90. The number of halogens is 1. The van der Waals surface area contributed by atoms with Crippen molar-refractivity contribution >= 4 is 35.6 Å². The zero-order valence-corrected chi connectivity index (χ0v) is 15.4. The third-order valence-corrected chi connectivity index (χ3v) is 4.06. The van der Waals surface area contributed by atoms with Gasteiger partial charge in [-0.3, -0.25) is 4.99 Å². The topological polar surface area (TPSA) is 39.7 Å². The number of anilines is 1. The molecule has 2 N–H and O–H groups in total. The van der Waals surface area contributed by atoms with Crippen molar-refractivity contribution < 1.29 is 0 Å². The van der Waals surface area contributed by atoms with Crippen LogP contribution in [-0.2, 0) is 6.54 Å². The second-order valence-electron chi connectivity index (χ2n) is 5.79. The van der Waals surface area contributed by atoms with Crippen molar-refractivity contribution in [2.45, 2.75) is 19.4 Å². The molecule has 1 heterocycles. The highest BCUT2D eigenvalue weighted by atomic mass is 127. The van der Waals surface area contributed by atoms with Gasteiger partial charge in [0.1, 0.15) is 0 Å². The zero-order chi connectivity index (χ0) is 14.5. The minimum absolute atomic E-state index is 0. The Morgan fingerprint density at radius 3 is 2.41 bits per heavy atom. The van der Waals surface area contributed by atoms with Gasteiger partial charge >= 0.3 is 0 Å². The van der Waals surface area contributed by atoms with E-state index in [9.17, 15) is 0 Å². The normalized spacial score (nSPS) is 17.3. The van der Waals surface area contributed by atoms with Gasteiger partial charge in [-0.1, -0.05) is 24.3 Å². The Hall–Kier alpha value is -1.24. The lowest BCUT2D eigenvalue weighted by atomic mass is 10.2. The molecule has 120 valence electrons. The van der Waals surface area contributed by atoms with Crippen LogP contribution in [0.5, 0.6) is 0 Å². The summed E-state index contributed by atoms with van der Waals surface area (Å²) < 4.78 is 0. The molecule has 1 saturated carbocycles. The number of nitrogens with zero attached hydrogens (tertiary/aromatic N) is 2. The van der Waals surface area contributed by atoms with Crippen LogP contribution < -0.4 is 15.5 Å². The lowest BCUT2D eigenvalue weighted by Crippen LogP contribution is -2.37. The van der Waals surface area contributed by atoms with Gasteiger partial charge in [0.15, 0.2) is 5.96 Å². The standard InChI is InChI=1S/C17H24N4.HI/c1-18-17(19-12-14-4-5-14)20-13-15-6-8-16(9-7-15)21-10-2-3-11-21;/h2-3,6-9,14H,4-5,10-13H2,1H3,(H2,18,19,20);1H. The van der Waals surface area contributed by atoms with Gasteiger partial charge in [0, 0.05) is 38.9 Å². The van der Waals surface area contributed by atoms with Crippen molar-refractivity contribution in [3.05, 3.63) is 42.0 Å². The van der Waals surface area contributed by atoms with E-state index < -0.39 is 0 Å². The maximum absolute atomic E-state index is 4.26. The Labute approximate surface area is 150 Å². The predicted molar refractivity (Wildman–Crippen MR) is 104 cm³/mol. The fourth-order valence-electron chi connectivity index (χ4n) is 2.48. The molecule has 0 radical (unpaired) electrons. The van der Waals surface area contributed by atoms with E-state index in [4.69, 9.17) is 0 Å². The number of benzene rings is 1. The van der Waals surface area contributed by atoms with Crippen LogP contribution >= 0.6 is 24.0 Å². The second kappa shape index (κ2) is 8.41. The Kier molecular flexibility index (Phi) is 6.54. The summed E-state index contributed by atoms with van der Waals surface area (Å²) in [6, 6.07) is 8.78. The summed E-state index contributed by atoms with van der Waals surface area (Å²) in [5.74, 6) is 1.76. The van der Waals surface area contributed by atoms with E-state index in [2.05, 4.69) is 56.9 Å². The van der Waals surface area contributed by atoms with Crippen molar-refractivity contribution in [3.8, 4) is 0 Å². The SMILES string of the molecule is CN=C(NCc1ccc(N2CC=CC2)cc1)NCC1CC1.I. The summed E-state index contributed by atoms with van der Waals surface area (Å²) in [4.78, 5) is 6.62. The van der Waals surface area contributed by atoms with Crippen molar-refractivity contribution in [2.75, 3.05) is 31.6 Å². The summed E-state index contributed by atoms with van der Waals surface area (Å²) in [6.07, 6.45) is 7.14. The molecular formula is C17H25IN4. The Morgan fingerprint density at radius 2 is 1.82 bits per heavy atom. The average molecular weight is 412 g/mol. The van der Waals surface area contributed by atoms with E-state index in [0.717, 1.165) is 38.1 Å². The van der Waals surface area contributed by atoms with E-state index in [1.165, 1.54) is 24.1 Å². The van der Waals surface area contributed by atoms with Gasteiger partial charge in [-0.15, -0.1) is 24.0 Å². The van der Waals surface area contributed by atoms with Gasteiger partial charge in [0.25, 0.3) is 0 Å². The first-order valence-electron chi connectivity index (χ1n) is 7.78. The third-order valence-electron chi connectivity index (χ3n) is 4.06. The van der Waals surface area contributed by atoms with Gasteiger partial charge in [0.2, 0.25) is 0 Å². The van der Waals surface area contributed by atoms with Crippen LogP contribution in [0.1, 0.15) is 18.4 Å². The van der Waals surface area contributed by atoms with Gasteiger partial charge < -0.3 is 15.5 Å². The number of hydrogen-bond donors (Lipinski definition) is 2. The fraction of sp³-hybridized carbons (Fsp3) is 0.471. The van der Waals surface area contributed by atoms with E-state index in [1.54, 1.807) is 0 Å². The summed E-state index contributed by atoms with van der Waals surface area (Å²) in [5, 5.41) is 6.75. The number of hydrogen-bond acceptors (Lipinski definition) is 2. The smallest absolute Gasteiger partial charge is 0.191 e. The molecule has 0 spiro atoms. The highest BCUT2D eigenvalue weighted by Crippen LogP contribution is 2.27. The fourth-order valence-corrected chi connectivity index (χ4v) is 2.48. The van der Waals surface area contributed by atoms with Crippen LogP contribution in [0.4, 0.5) is 5.69 Å². The van der Waals surface area contributed by atoms with Crippen molar-refractivity contribution in [3.63, 3.8) is 0 Å². The molecule has 5 heteroatoms. The third kappa shape index (κ3) is 4.90. The van der Waals surface area contributed by atoms with Crippen molar-refractivity contribution in [1.29, 1.82) is 0 Å².